The maximum atomic E-state index is 11.9. The third kappa shape index (κ3) is 8.98. The standard InChI is InChI=1S/C13H28N2O2/c1-6-7-10-15(11-8-9-14-5)12(16)17-13(2,3)4/h14H,6-11H2,1-5H3. The fourth-order valence-electron chi connectivity index (χ4n) is 1.42. The van der Waals surface area contributed by atoms with Crippen LogP contribution in [-0.4, -0.2) is 43.3 Å². The minimum absolute atomic E-state index is 0.193. The Kier molecular flexibility index (Phi) is 7.96. The van der Waals surface area contributed by atoms with E-state index in [1.165, 1.54) is 0 Å². The highest BCUT2D eigenvalue weighted by molar-refractivity contribution is 5.68. The number of rotatable bonds is 7. The first kappa shape index (κ1) is 16.2. The number of ether oxygens (including phenoxy) is 1. The third-order valence-electron chi connectivity index (χ3n) is 2.29. The first-order chi connectivity index (χ1) is 7.90. The van der Waals surface area contributed by atoms with Crippen molar-refractivity contribution in [3.8, 4) is 0 Å². The molecule has 0 heterocycles. The molecule has 102 valence electrons. The van der Waals surface area contributed by atoms with E-state index in [0.29, 0.717) is 0 Å². The van der Waals surface area contributed by atoms with Crippen LogP contribution in [-0.2, 0) is 4.74 Å². The Balaban J connectivity index is 4.19. The predicted octanol–water partition coefficient (Wildman–Crippen LogP) is 2.63. The second-order valence-electron chi connectivity index (χ2n) is 5.28. The Morgan fingerprint density at radius 2 is 1.82 bits per heavy atom. The summed E-state index contributed by atoms with van der Waals surface area (Å²) in [6.07, 6.45) is 2.88. The monoisotopic (exact) mass is 244 g/mol. The number of hydrogen-bond donors (Lipinski definition) is 1. The lowest BCUT2D eigenvalue weighted by Crippen LogP contribution is -2.38. The first-order valence-corrected chi connectivity index (χ1v) is 6.53. The molecule has 0 aliphatic rings. The molecule has 0 rings (SSSR count). The van der Waals surface area contributed by atoms with Gasteiger partial charge in [-0.25, -0.2) is 4.79 Å². The van der Waals surface area contributed by atoms with Gasteiger partial charge < -0.3 is 15.0 Å². The van der Waals surface area contributed by atoms with E-state index in [2.05, 4.69) is 12.2 Å². The third-order valence-corrected chi connectivity index (χ3v) is 2.29. The van der Waals surface area contributed by atoms with E-state index in [9.17, 15) is 4.79 Å². The highest BCUT2D eigenvalue weighted by atomic mass is 16.6. The maximum Gasteiger partial charge on any atom is 0.410 e. The molecular weight excluding hydrogens is 216 g/mol. The summed E-state index contributed by atoms with van der Waals surface area (Å²) in [6.45, 7) is 10.3. The summed E-state index contributed by atoms with van der Waals surface area (Å²) in [5, 5.41) is 3.09. The predicted molar refractivity (Wildman–Crippen MR) is 71.3 cm³/mol. The number of nitrogens with zero attached hydrogens (tertiary/aromatic N) is 1. The van der Waals surface area contributed by atoms with Crippen LogP contribution in [0.4, 0.5) is 4.79 Å². The van der Waals surface area contributed by atoms with E-state index in [0.717, 1.165) is 38.9 Å². The van der Waals surface area contributed by atoms with Crippen molar-refractivity contribution in [2.75, 3.05) is 26.7 Å². The van der Waals surface area contributed by atoms with Crippen LogP contribution < -0.4 is 5.32 Å². The van der Waals surface area contributed by atoms with Gasteiger partial charge >= 0.3 is 6.09 Å². The quantitative estimate of drug-likeness (QED) is 0.700. The van der Waals surface area contributed by atoms with Gasteiger partial charge in [-0.05, 0) is 47.2 Å². The van der Waals surface area contributed by atoms with Crippen molar-refractivity contribution < 1.29 is 9.53 Å². The molecule has 4 nitrogen and oxygen atoms in total. The van der Waals surface area contributed by atoms with Gasteiger partial charge in [-0.1, -0.05) is 13.3 Å². The van der Waals surface area contributed by atoms with Gasteiger partial charge in [0.2, 0.25) is 0 Å². The summed E-state index contributed by atoms with van der Waals surface area (Å²) in [7, 11) is 1.92. The Morgan fingerprint density at radius 1 is 1.24 bits per heavy atom. The number of carbonyl (C=O) groups is 1. The molecule has 0 aromatic heterocycles. The second kappa shape index (κ2) is 8.34. The molecule has 0 saturated heterocycles. The molecule has 0 atom stereocenters. The minimum Gasteiger partial charge on any atom is -0.444 e. The van der Waals surface area contributed by atoms with Crippen LogP contribution in [0, 0.1) is 0 Å². The largest absolute Gasteiger partial charge is 0.444 e. The van der Waals surface area contributed by atoms with Crippen molar-refractivity contribution in [1.29, 1.82) is 0 Å². The lowest BCUT2D eigenvalue weighted by atomic mass is 10.2. The summed E-state index contributed by atoms with van der Waals surface area (Å²) in [5.74, 6) is 0. The average molecular weight is 244 g/mol. The van der Waals surface area contributed by atoms with Crippen molar-refractivity contribution in [1.82, 2.24) is 10.2 Å². The summed E-state index contributed by atoms with van der Waals surface area (Å²) in [4.78, 5) is 13.8. The summed E-state index contributed by atoms with van der Waals surface area (Å²) < 4.78 is 5.39. The van der Waals surface area contributed by atoms with E-state index in [1.54, 1.807) is 0 Å². The lowest BCUT2D eigenvalue weighted by molar-refractivity contribution is 0.0246. The van der Waals surface area contributed by atoms with Crippen LogP contribution in [0.15, 0.2) is 0 Å². The van der Waals surface area contributed by atoms with Crippen LogP contribution in [0.3, 0.4) is 0 Å². The lowest BCUT2D eigenvalue weighted by Gasteiger charge is -2.27. The van der Waals surface area contributed by atoms with Crippen LogP contribution in [0.2, 0.25) is 0 Å². The molecule has 0 unspecified atom stereocenters. The molecule has 0 fully saturated rings. The molecule has 0 saturated carbocycles. The second-order valence-corrected chi connectivity index (χ2v) is 5.28. The van der Waals surface area contributed by atoms with Gasteiger partial charge in [0.05, 0.1) is 0 Å². The molecule has 4 heteroatoms. The van der Waals surface area contributed by atoms with E-state index >= 15 is 0 Å². The Bertz CT molecular complexity index is 212. The molecule has 17 heavy (non-hydrogen) atoms. The first-order valence-electron chi connectivity index (χ1n) is 6.53. The molecular formula is C13H28N2O2. The highest BCUT2D eigenvalue weighted by Crippen LogP contribution is 2.10. The Labute approximate surface area is 106 Å². The molecule has 1 N–H and O–H groups in total. The maximum absolute atomic E-state index is 11.9. The van der Waals surface area contributed by atoms with E-state index < -0.39 is 5.60 Å². The topological polar surface area (TPSA) is 41.6 Å². The van der Waals surface area contributed by atoms with Gasteiger partial charge in [0.15, 0.2) is 0 Å². The van der Waals surface area contributed by atoms with Crippen LogP contribution >= 0.6 is 0 Å². The van der Waals surface area contributed by atoms with Gasteiger partial charge in [0.1, 0.15) is 5.60 Å². The molecule has 0 bridgehead atoms. The van der Waals surface area contributed by atoms with E-state index in [-0.39, 0.29) is 6.09 Å². The van der Waals surface area contributed by atoms with E-state index in [4.69, 9.17) is 4.74 Å². The smallest absolute Gasteiger partial charge is 0.410 e. The molecule has 0 aromatic carbocycles. The van der Waals surface area contributed by atoms with Crippen molar-refractivity contribution in [3.63, 3.8) is 0 Å². The van der Waals surface area contributed by atoms with Gasteiger partial charge in [-0.15, -0.1) is 0 Å². The molecule has 0 aliphatic heterocycles. The number of carbonyl (C=O) groups excluding carboxylic acids is 1. The minimum atomic E-state index is -0.412. The summed E-state index contributed by atoms with van der Waals surface area (Å²) in [6, 6.07) is 0. The number of unbranched alkanes of at least 4 members (excludes halogenated alkanes) is 1. The molecule has 1 amide bonds. The van der Waals surface area contributed by atoms with Gasteiger partial charge in [0, 0.05) is 13.1 Å². The fourth-order valence-corrected chi connectivity index (χ4v) is 1.42. The van der Waals surface area contributed by atoms with Crippen LogP contribution in [0.25, 0.3) is 0 Å². The van der Waals surface area contributed by atoms with Crippen LogP contribution in [0.5, 0.6) is 0 Å². The SMILES string of the molecule is CCCCN(CCCNC)C(=O)OC(C)(C)C. The van der Waals surface area contributed by atoms with Crippen molar-refractivity contribution in [2.24, 2.45) is 0 Å². The number of amides is 1. The van der Waals surface area contributed by atoms with Crippen molar-refractivity contribution in [3.05, 3.63) is 0 Å². The summed E-state index contributed by atoms with van der Waals surface area (Å²) >= 11 is 0. The summed E-state index contributed by atoms with van der Waals surface area (Å²) in [5.41, 5.74) is -0.412. The zero-order chi connectivity index (χ0) is 13.3. The normalized spacial score (nSPS) is 11.4. The molecule has 0 radical (unpaired) electrons. The number of hydrogen-bond acceptors (Lipinski definition) is 3. The van der Waals surface area contributed by atoms with Gasteiger partial charge in [-0.2, -0.15) is 0 Å². The highest BCUT2D eigenvalue weighted by Gasteiger charge is 2.21. The van der Waals surface area contributed by atoms with Crippen molar-refractivity contribution in [2.45, 2.75) is 52.6 Å². The molecule has 0 spiro atoms. The van der Waals surface area contributed by atoms with Gasteiger partial charge in [-0.3, -0.25) is 0 Å². The van der Waals surface area contributed by atoms with Crippen LogP contribution in [0.1, 0.15) is 47.0 Å². The zero-order valence-electron chi connectivity index (χ0n) is 12.0. The Hall–Kier alpha value is -0.770. The van der Waals surface area contributed by atoms with E-state index in [1.807, 2.05) is 32.7 Å². The van der Waals surface area contributed by atoms with Gasteiger partial charge in [0.25, 0.3) is 0 Å². The zero-order valence-corrected chi connectivity index (χ0v) is 12.0. The Morgan fingerprint density at radius 3 is 2.29 bits per heavy atom. The fraction of sp³-hybridized carbons (Fsp3) is 0.923. The molecule has 0 aromatic rings. The number of nitrogens with one attached hydrogen (secondary N) is 1. The average Bonchev–Trinajstić information content (AvgIpc) is 2.20. The van der Waals surface area contributed by atoms with Crippen molar-refractivity contribution >= 4 is 6.09 Å². The molecule has 0 aliphatic carbocycles.